The standard InChI is InChI=1S/C22H35N3O3.ClH/c1-27-20-15-19(16-21(17-20)28-2)4-3-18-5-10-24(11-6-18)12-7-22(26)25-13-8-23-9-14-25;/h15-18,23H,3-14H2,1-2H3;1H. The predicted octanol–water partition coefficient (Wildman–Crippen LogP) is 2.59. The smallest absolute Gasteiger partial charge is 0.223 e. The normalized spacial score (nSPS) is 18.2. The van der Waals surface area contributed by atoms with E-state index in [1.54, 1.807) is 14.2 Å². The molecule has 0 unspecified atom stereocenters. The van der Waals surface area contributed by atoms with Crippen LogP contribution in [0.5, 0.6) is 11.5 Å². The lowest BCUT2D eigenvalue weighted by molar-refractivity contribution is -0.132. The van der Waals surface area contributed by atoms with Gasteiger partial charge >= 0.3 is 0 Å². The molecule has 0 radical (unpaired) electrons. The van der Waals surface area contributed by atoms with Crippen LogP contribution in [0.4, 0.5) is 0 Å². The maximum absolute atomic E-state index is 12.3. The van der Waals surface area contributed by atoms with Gasteiger partial charge in [0, 0.05) is 45.2 Å². The fourth-order valence-corrected chi connectivity index (χ4v) is 4.21. The van der Waals surface area contributed by atoms with Crippen molar-refractivity contribution < 1.29 is 14.3 Å². The number of piperidine rings is 1. The molecule has 2 aliphatic heterocycles. The lowest BCUT2D eigenvalue weighted by Gasteiger charge is -2.33. The molecule has 2 aliphatic rings. The number of piperazine rings is 1. The summed E-state index contributed by atoms with van der Waals surface area (Å²) in [5, 5.41) is 3.30. The largest absolute Gasteiger partial charge is 0.497 e. The summed E-state index contributed by atoms with van der Waals surface area (Å²) in [5.41, 5.74) is 1.28. The molecule has 1 aromatic rings. The van der Waals surface area contributed by atoms with Crippen LogP contribution in [0.15, 0.2) is 18.2 Å². The van der Waals surface area contributed by atoms with Crippen molar-refractivity contribution in [2.24, 2.45) is 5.92 Å². The Bertz CT molecular complexity index is 607. The Hall–Kier alpha value is -1.50. The molecular formula is C22H36ClN3O3. The molecule has 1 N–H and O–H groups in total. The molecule has 0 atom stereocenters. The molecule has 3 rings (SSSR count). The van der Waals surface area contributed by atoms with Crippen molar-refractivity contribution in [2.75, 3.05) is 60.0 Å². The van der Waals surface area contributed by atoms with Crippen molar-refractivity contribution in [3.63, 3.8) is 0 Å². The number of nitrogens with one attached hydrogen (secondary N) is 1. The van der Waals surface area contributed by atoms with Gasteiger partial charge in [-0.2, -0.15) is 0 Å². The van der Waals surface area contributed by atoms with Crippen molar-refractivity contribution in [2.45, 2.75) is 32.1 Å². The molecule has 7 heteroatoms. The summed E-state index contributed by atoms with van der Waals surface area (Å²) < 4.78 is 10.7. The van der Waals surface area contributed by atoms with E-state index in [1.165, 1.54) is 24.8 Å². The van der Waals surface area contributed by atoms with Gasteiger partial charge in [0.2, 0.25) is 5.91 Å². The Kier molecular flexibility index (Phi) is 10.0. The third kappa shape index (κ3) is 7.36. The van der Waals surface area contributed by atoms with E-state index in [-0.39, 0.29) is 12.4 Å². The topological polar surface area (TPSA) is 54.0 Å². The maximum Gasteiger partial charge on any atom is 0.223 e. The number of aryl methyl sites for hydroxylation is 1. The SMILES string of the molecule is COc1cc(CCC2CCN(CCC(=O)N3CCNCC3)CC2)cc(OC)c1.Cl. The first kappa shape index (κ1) is 23.8. The minimum absolute atomic E-state index is 0. The zero-order valence-electron chi connectivity index (χ0n) is 17.8. The van der Waals surface area contributed by atoms with E-state index in [0.29, 0.717) is 12.3 Å². The molecule has 2 fully saturated rings. The van der Waals surface area contributed by atoms with Gasteiger partial charge in [-0.25, -0.2) is 0 Å². The van der Waals surface area contributed by atoms with E-state index in [1.807, 2.05) is 11.0 Å². The molecule has 1 aromatic carbocycles. The maximum atomic E-state index is 12.3. The number of hydrogen-bond donors (Lipinski definition) is 1. The number of rotatable bonds is 8. The number of amides is 1. The summed E-state index contributed by atoms with van der Waals surface area (Å²) in [6, 6.07) is 6.14. The van der Waals surface area contributed by atoms with Crippen molar-refractivity contribution in [1.82, 2.24) is 15.1 Å². The molecular weight excluding hydrogens is 390 g/mol. The van der Waals surface area contributed by atoms with Crippen LogP contribution in [-0.4, -0.2) is 75.7 Å². The fraction of sp³-hybridized carbons (Fsp3) is 0.682. The van der Waals surface area contributed by atoms with Crippen LogP contribution < -0.4 is 14.8 Å². The quantitative estimate of drug-likeness (QED) is 0.693. The average molecular weight is 426 g/mol. The molecule has 1 amide bonds. The van der Waals surface area contributed by atoms with Crippen molar-refractivity contribution in [1.29, 1.82) is 0 Å². The molecule has 0 aromatic heterocycles. The Labute approximate surface area is 181 Å². The average Bonchev–Trinajstić information content (AvgIpc) is 2.77. The number of nitrogens with zero attached hydrogens (tertiary/aromatic N) is 2. The van der Waals surface area contributed by atoms with E-state index in [2.05, 4.69) is 22.3 Å². The molecule has 2 heterocycles. The van der Waals surface area contributed by atoms with E-state index in [9.17, 15) is 4.79 Å². The Morgan fingerprint density at radius 3 is 2.24 bits per heavy atom. The summed E-state index contributed by atoms with van der Waals surface area (Å²) in [6.07, 6.45) is 5.36. The molecule has 164 valence electrons. The monoisotopic (exact) mass is 425 g/mol. The number of halogens is 1. The van der Waals surface area contributed by atoms with Gasteiger partial charge in [0.05, 0.1) is 14.2 Å². The van der Waals surface area contributed by atoms with Crippen molar-refractivity contribution in [3.8, 4) is 11.5 Å². The van der Waals surface area contributed by atoms with Crippen molar-refractivity contribution in [3.05, 3.63) is 23.8 Å². The van der Waals surface area contributed by atoms with Crippen LogP contribution in [0.25, 0.3) is 0 Å². The number of likely N-dealkylation sites (tertiary alicyclic amines) is 1. The highest BCUT2D eigenvalue weighted by atomic mass is 35.5. The minimum atomic E-state index is 0. The summed E-state index contributed by atoms with van der Waals surface area (Å²) in [6.45, 7) is 6.70. The van der Waals surface area contributed by atoms with Crippen LogP contribution in [0.2, 0.25) is 0 Å². The van der Waals surface area contributed by atoms with Crippen LogP contribution >= 0.6 is 12.4 Å². The highest BCUT2D eigenvalue weighted by Crippen LogP contribution is 2.27. The van der Waals surface area contributed by atoms with Gasteiger partial charge in [-0.05, 0) is 62.4 Å². The van der Waals surface area contributed by atoms with Gasteiger partial charge < -0.3 is 24.6 Å². The predicted molar refractivity (Wildman–Crippen MR) is 118 cm³/mol. The summed E-state index contributed by atoms with van der Waals surface area (Å²) >= 11 is 0. The minimum Gasteiger partial charge on any atom is -0.497 e. The molecule has 6 nitrogen and oxygen atoms in total. The number of benzene rings is 1. The lowest BCUT2D eigenvalue weighted by atomic mass is 9.90. The molecule has 0 saturated carbocycles. The van der Waals surface area contributed by atoms with E-state index >= 15 is 0 Å². The highest BCUT2D eigenvalue weighted by molar-refractivity contribution is 5.85. The van der Waals surface area contributed by atoms with Gasteiger partial charge in [-0.3, -0.25) is 4.79 Å². The molecule has 29 heavy (non-hydrogen) atoms. The van der Waals surface area contributed by atoms with Crippen LogP contribution in [-0.2, 0) is 11.2 Å². The molecule has 0 aliphatic carbocycles. The Morgan fingerprint density at radius 1 is 1.03 bits per heavy atom. The van der Waals surface area contributed by atoms with Gasteiger partial charge in [0.1, 0.15) is 11.5 Å². The van der Waals surface area contributed by atoms with Gasteiger partial charge in [-0.1, -0.05) is 0 Å². The van der Waals surface area contributed by atoms with E-state index in [4.69, 9.17) is 9.47 Å². The van der Waals surface area contributed by atoms with Crippen LogP contribution in [0.1, 0.15) is 31.2 Å². The zero-order chi connectivity index (χ0) is 19.8. The summed E-state index contributed by atoms with van der Waals surface area (Å²) in [7, 11) is 3.39. The number of hydrogen-bond acceptors (Lipinski definition) is 5. The summed E-state index contributed by atoms with van der Waals surface area (Å²) in [5.74, 6) is 2.80. The molecule has 0 spiro atoms. The second-order valence-electron chi connectivity index (χ2n) is 7.93. The van der Waals surface area contributed by atoms with Crippen LogP contribution in [0, 0.1) is 5.92 Å². The first-order chi connectivity index (χ1) is 13.7. The van der Waals surface area contributed by atoms with Crippen molar-refractivity contribution >= 4 is 18.3 Å². The molecule has 2 saturated heterocycles. The fourth-order valence-electron chi connectivity index (χ4n) is 4.21. The molecule has 0 bridgehead atoms. The third-order valence-electron chi connectivity index (χ3n) is 6.07. The second kappa shape index (κ2) is 12.3. The van der Waals surface area contributed by atoms with Crippen LogP contribution in [0.3, 0.4) is 0 Å². The Morgan fingerprint density at radius 2 is 1.66 bits per heavy atom. The first-order valence-electron chi connectivity index (χ1n) is 10.6. The first-order valence-corrected chi connectivity index (χ1v) is 10.6. The lowest BCUT2D eigenvalue weighted by Crippen LogP contribution is -2.47. The number of methoxy groups -OCH3 is 2. The second-order valence-corrected chi connectivity index (χ2v) is 7.93. The van der Waals surface area contributed by atoms with E-state index in [0.717, 1.165) is 69.7 Å². The number of ether oxygens (including phenoxy) is 2. The third-order valence-corrected chi connectivity index (χ3v) is 6.07. The van der Waals surface area contributed by atoms with E-state index < -0.39 is 0 Å². The highest BCUT2D eigenvalue weighted by Gasteiger charge is 2.21. The Balaban J connectivity index is 0.00000300. The zero-order valence-corrected chi connectivity index (χ0v) is 18.6. The number of carbonyl (C=O) groups is 1. The van der Waals surface area contributed by atoms with Gasteiger partial charge in [0.25, 0.3) is 0 Å². The van der Waals surface area contributed by atoms with Gasteiger partial charge in [0.15, 0.2) is 0 Å². The van der Waals surface area contributed by atoms with Gasteiger partial charge in [-0.15, -0.1) is 12.4 Å². The summed E-state index contributed by atoms with van der Waals surface area (Å²) in [4.78, 5) is 16.8. The number of carbonyl (C=O) groups excluding carboxylic acids is 1.